The van der Waals surface area contributed by atoms with Gasteiger partial charge in [0.05, 0.1) is 23.6 Å². The molecule has 1 fully saturated rings. The van der Waals surface area contributed by atoms with Crippen LogP contribution in [0.4, 0.5) is 11.5 Å². The van der Waals surface area contributed by atoms with Crippen LogP contribution < -0.4 is 10.1 Å². The lowest BCUT2D eigenvalue weighted by Crippen LogP contribution is -2.49. The Morgan fingerprint density at radius 2 is 1.51 bits per heavy atom. The van der Waals surface area contributed by atoms with Gasteiger partial charge < -0.3 is 10.1 Å². The topological polar surface area (TPSA) is 87.7 Å². The molecule has 0 saturated carbocycles. The first-order valence-electron chi connectivity index (χ1n) is 13.3. The predicted octanol–water partition coefficient (Wildman–Crippen LogP) is 5.57. The molecule has 0 radical (unpaired) electrons. The molecule has 9 heteroatoms. The Balaban J connectivity index is 1.33. The van der Waals surface area contributed by atoms with Crippen molar-refractivity contribution in [1.82, 2.24) is 19.2 Å². The van der Waals surface area contributed by atoms with Crippen molar-refractivity contribution in [2.45, 2.75) is 37.6 Å². The molecule has 0 spiro atoms. The summed E-state index contributed by atoms with van der Waals surface area (Å²) in [7, 11) is -1.89. The number of hydrogen-bond acceptors (Lipinski definition) is 7. The lowest BCUT2D eigenvalue weighted by Gasteiger charge is -2.37. The Labute approximate surface area is 230 Å². The zero-order valence-electron chi connectivity index (χ0n) is 22.8. The molecule has 3 aromatic carbocycles. The minimum Gasteiger partial charge on any atom is -0.497 e. The third kappa shape index (κ3) is 5.75. The van der Waals surface area contributed by atoms with Crippen LogP contribution in [0.25, 0.3) is 10.9 Å². The van der Waals surface area contributed by atoms with E-state index in [1.165, 1.54) is 0 Å². The average molecular weight is 546 g/mol. The maximum atomic E-state index is 13.3. The van der Waals surface area contributed by atoms with E-state index < -0.39 is 10.0 Å². The summed E-state index contributed by atoms with van der Waals surface area (Å²) in [6.07, 6.45) is 0. The van der Waals surface area contributed by atoms with Gasteiger partial charge in [0.1, 0.15) is 17.4 Å². The second-order valence-electron chi connectivity index (χ2n) is 10.1. The zero-order chi connectivity index (χ0) is 27.6. The number of ether oxygens (including phenoxy) is 1. The molecule has 2 heterocycles. The van der Waals surface area contributed by atoms with Crippen LogP contribution in [-0.2, 0) is 10.0 Å². The normalized spacial score (nSPS) is 15.9. The average Bonchev–Trinajstić information content (AvgIpc) is 2.97. The van der Waals surface area contributed by atoms with Crippen LogP contribution in [0.1, 0.15) is 44.1 Å². The molecular weight excluding hydrogens is 510 g/mol. The largest absolute Gasteiger partial charge is 0.497 e. The number of aromatic nitrogens is 2. The molecule has 39 heavy (non-hydrogen) atoms. The fourth-order valence-corrected chi connectivity index (χ4v) is 6.28. The van der Waals surface area contributed by atoms with E-state index in [1.54, 1.807) is 23.5 Å². The van der Waals surface area contributed by atoms with Gasteiger partial charge in [0, 0.05) is 37.3 Å². The Hall–Kier alpha value is -3.53. The highest BCUT2D eigenvalue weighted by atomic mass is 32.2. The molecule has 1 saturated heterocycles. The van der Waals surface area contributed by atoms with E-state index in [4.69, 9.17) is 14.7 Å². The van der Waals surface area contributed by atoms with Crippen molar-refractivity contribution in [2.24, 2.45) is 0 Å². The molecule has 1 aliphatic rings. The number of fused-ring (bicyclic) bond motifs is 1. The number of hydrogen-bond donors (Lipinski definition) is 1. The van der Waals surface area contributed by atoms with Gasteiger partial charge in [0.25, 0.3) is 0 Å². The molecule has 4 aromatic rings. The Morgan fingerprint density at radius 3 is 2.15 bits per heavy atom. The molecule has 0 aliphatic carbocycles. The number of sulfonamides is 1. The maximum Gasteiger partial charge on any atom is 0.243 e. The summed E-state index contributed by atoms with van der Waals surface area (Å²) in [5.41, 5.74) is 2.89. The van der Waals surface area contributed by atoms with Gasteiger partial charge in [-0.3, -0.25) is 4.90 Å². The van der Waals surface area contributed by atoms with Crippen LogP contribution in [0.3, 0.4) is 0 Å². The number of anilines is 2. The highest BCUT2D eigenvalue weighted by molar-refractivity contribution is 7.89. The molecule has 0 amide bonds. The monoisotopic (exact) mass is 545 g/mol. The molecule has 8 nitrogen and oxygen atoms in total. The second-order valence-corrected chi connectivity index (χ2v) is 12.1. The van der Waals surface area contributed by atoms with Gasteiger partial charge in [-0.05, 0) is 66.9 Å². The first-order chi connectivity index (χ1) is 18.8. The highest BCUT2D eigenvalue weighted by Gasteiger charge is 2.31. The smallest absolute Gasteiger partial charge is 0.243 e. The summed E-state index contributed by atoms with van der Waals surface area (Å²) in [5.74, 6) is 2.58. The van der Waals surface area contributed by atoms with Crippen LogP contribution in [0.15, 0.2) is 77.7 Å². The number of methoxy groups -OCH3 is 1. The van der Waals surface area contributed by atoms with E-state index in [0.717, 1.165) is 33.7 Å². The summed E-state index contributed by atoms with van der Waals surface area (Å²) in [5, 5.41) is 4.37. The summed E-state index contributed by atoms with van der Waals surface area (Å²) in [6.45, 7) is 8.31. The molecule has 204 valence electrons. The van der Waals surface area contributed by atoms with Crippen molar-refractivity contribution in [3.8, 4) is 5.75 Å². The molecule has 0 bridgehead atoms. The van der Waals surface area contributed by atoms with Crippen molar-refractivity contribution in [2.75, 3.05) is 38.6 Å². The number of para-hydroxylation sites is 1. The van der Waals surface area contributed by atoms with Gasteiger partial charge in [-0.2, -0.15) is 4.31 Å². The predicted molar refractivity (Wildman–Crippen MR) is 155 cm³/mol. The second kappa shape index (κ2) is 11.3. The highest BCUT2D eigenvalue weighted by Crippen LogP contribution is 2.29. The Kier molecular flexibility index (Phi) is 7.83. The fourth-order valence-electron chi connectivity index (χ4n) is 4.86. The Bertz CT molecular complexity index is 1530. The van der Waals surface area contributed by atoms with Crippen molar-refractivity contribution < 1.29 is 13.2 Å². The quantitative estimate of drug-likeness (QED) is 0.310. The van der Waals surface area contributed by atoms with Crippen molar-refractivity contribution >= 4 is 32.4 Å². The number of rotatable bonds is 8. The minimum absolute atomic E-state index is 0.0822. The molecule has 0 unspecified atom stereocenters. The zero-order valence-corrected chi connectivity index (χ0v) is 23.6. The van der Waals surface area contributed by atoms with Gasteiger partial charge in [-0.25, -0.2) is 18.4 Å². The number of nitrogens with one attached hydrogen (secondary N) is 1. The standard InChI is InChI=1S/C30H35N5O3S/c1-21(2)23-9-15-26(16-10-23)39(36,37)35-19-17-34(18-20-35)22(3)29-32-28-8-6-5-7-27(28)30(33-29)31-24-11-13-25(38-4)14-12-24/h5-16,21-22H,17-20H2,1-4H3,(H,31,32,33)/t22-/m0/s1. The van der Waals surface area contributed by atoms with E-state index in [2.05, 4.69) is 31.0 Å². The third-order valence-electron chi connectivity index (χ3n) is 7.35. The lowest BCUT2D eigenvalue weighted by molar-refractivity contribution is 0.141. The van der Waals surface area contributed by atoms with E-state index in [0.29, 0.717) is 42.8 Å². The van der Waals surface area contributed by atoms with Crippen molar-refractivity contribution in [3.05, 3.63) is 84.2 Å². The van der Waals surface area contributed by atoms with E-state index in [9.17, 15) is 8.42 Å². The number of benzene rings is 3. The number of nitrogens with zero attached hydrogens (tertiary/aromatic N) is 4. The minimum atomic E-state index is -3.54. The van der Waals surface area contributed by atoms with Crippen LogP contribution in [0, 0.1) is 0 Å². The van der Waals surface area contributed by atoms with Crippen LogP contribution in [0.2, 0.25) is 0 Å². The molecule has 1 N–H and O–H groups in total. The van der Waals surface area contributed by atoms with Crippen LogP contribution >= 0.6 is 0 Å². The molecule has 1 aliphatic heterocycles. The van der Waals surface area contributed by atoms with E-state index in [1.807, 2.05) is 60.7 Å². The van der Waals surface area contributed by atoms with Crippen LogP contribution in [0.5, 0.6) is 5.75 Å². The van der Waals surface area contributed by atoms with Gasteiger partial charge in [0.15, 0.2) is 0 Å². The first-order valence-corrected chi connectivity index (χ1v) is 14.7. The molecule has 1 atom stereocenters. The Morgan fingerprint density at radius 1 is 0.846 bits per heavy atom. The summed E-state index contributed by atoms with van der Waals surface area (Å²) < 4.78 is 33.4. The molecule has 1 aromatic heterocycles. The van der Waals surface area contributed by atoms with Gasteiger partial charge in [0.2, 0.25) is 10.0 Å². The number of piperazine rings is 1. The summed E-state index contributed by atoms with van der Waals surface area (Å²) >= 11 is 0. The van der Waals surface area contributed by atoms with Gasteiger partial charge >= 0.3 is 0 Å². The van der Waals surface area contributed by atoms with Gasteiger partial charge in [-0.15, -0.1) is 0 Å². The SMILES string of the molecule is COc1ccc(Nc2nc([C@H](C)N3CCN(S(=O)(=O)c4ccc(C(C)C)cc4)CC3)nc3ccccc23)cc1. The van der Waals surface area contributed by atoms with E-state index >= 15 is 0 Å². The first kappa shape index (κ1) is 27.1. The fraction of sp³-hybridized carbons (Fsp3) is 0.333. The van der Waals surface area contributed by atoms with Crippen LogP contribution in [-0.4, -0.2) is 60.9 Å². The molecule has 5 rings (SSSR count). The third-order valence-corrected chi connectivity index (χ3v) is 9.27. The lowest BCUT2D eigenvalue weighted by atomic mass is 10.0. The summed E-state index contributed by atoms with van der Waals surface area (Å²) in [4.78, 5) is 12.4. The molecular formula is C30H35N5O3S. The van der Waals surface area contributed by atoms with Gasteiger partial charge in [-0.1, -0.05) is 38.1 Å². The summed E-state index contributed by atoms with van der Waals surface area (Å²) in [6, 6.07) is 22.8. The maximum absolute atomic E-state index is 13.3. The van der Waals surface area contributed by atoms with Crippen molar-refractivity contribution in [3.63, 3.8) is 0 Å². The van der Waals surface area contributed by atoms with Crippen molar-refractivity contribution in [1.29, 1.82) is 0 Å². The van der Waals surface area contributed by atoms with E-state index in [-0.39, 0.29) is 6.04 Å².